The highest BCUT2D eigenvalue weighted by Crippen LogP contribution is 2.32. The van der Waals surface area contributed by atoms with Crippen LogP contribution in [-0.2, 0) is 0 Å². The third-order valence-corrected chi connectivity index (χ3v) is 2.35. The summed E-state index contributed by atoms with van der Waals surface area (Å²) in [5, 5.41) is 9.14. The number of rotatable bonds is 2. The van der Waals surface area contributed by atoms with Gasteiger partial charge in [0.2, 0.25) is 0 Å². The Kier molecular flexibility index (Phi) is 2.77. The van der Waals surface area contributed by atoms with Crippen LogP contribution >= 0.6 is 0 Å². The molecule has 2 aromatic rings. The van der Waals surface area contributed by atoms with Gasteiger partial charge >= 0.3 is 0 Å². The Morgan fingerprint density at radius 1 is 1.06 bits per heavy atom. The fourth-order valence-electron chi connectivity index (χ4n) is 1.59. The maximum atomic E-state index is 13.6. The van der Waals surface area contributed by atoms with Gasteiger partial charge in [-0.2, -0.15) is 0 Å². The van der Waals surface area contributed by atoms with E-state index in [1.807, 2.05) is 12.1 Å². The lowest BCUT2D eigenvalue weighted by molar-refractivity contribution is 0.416. The summed E-state index contributed by atoms with van der Waals surface area (Å²) < 4.78 is 18.8. The fraction of sp³-hybridized carbons (Fsp3) is 0.0769. The first-order valence-corrected chi connectivity index (χ1v) is 4.84. The smallest absolute Gasteiger partial charge is 0.134 e. The molecule has 3 heteroatoms. The summed E-state index contributed by atoms with van der Waals surface area (Å²) in [5.41, 5.74) is 1.08. The van der Waals surface area contributed by atoms with E-state index in [0.29, 0.717) is 16.9 Å². The second-order valence-electron chi connectivity index (χ2n) is 3.36. The number of hydrogen-bond donors (Lipinski definition) is 1. The van der Waals surface area contributed by atoms with Crippen LogP contribution in [0.5, 0.6) is 11.5 Å². The molecule has 2 rings (SSSR count). The maximum absolute atomic E-state index is 13.6. The quantitative estimate of drug-likeness (QED) is 0.838. The summed E-state index contributed by atoms with van der Waals surface area (Å²) in [5.74, 6) is 0.0488. The zero-order valence-electron chi connectivity index (χ0n) is 8.77. The van der Waals surface area contributed by atoms with Gasteiger partial charge in [-0.25, -0.2) is 4.39 Å². The van der Waals surface area contributed by atoms with E-state index in [4.69, 9.17) is 9.84 Å². The largest absolute Gasteiger partial charge is 0.508 e. The minimum Gasteiger partial charge on any atom is -0.508 e. The van der Waals surface area contributed by atoms with Crippen LogP contribution in [0.3, 0.4) is 0 Å². The molecule has 0 saturated heterocycles. The molecule has 0 saturated carbocycles. The molecule has 0 atom stereocenters. The summed E-state index contributed by atoms with van der Waals surface area (Å²) in [7, 11) is 1.54. The molecule has 0 aliphatic heterocycles. The molecular weight excluding hydrogens is 207 g/mol. The third kappa shape index (κ3) is 1.84. The second kappa shape index (κ2) is 4.23. The highest BCUT2D eigenvalue weighted by Gasteiger charge is 2.10. The van der Waals surface area contributed by atoms with Crippen LogP contribution < -0.4 is 4.74 Å². The van der Waals surface area contributed by atoms with E-state index in [2.05, 4.69) is 0 Å². The molecule has 0 aromatic heterocycles. The van der Waals surface area contributed by atoms with Crippen LogP contribution in [0.1, 0.15) is 0 Å². The van der Waals surface area contributed by atoms with E-state index in [1.54, 1.807) is 12.1 Å². The number of phenols is 1. The molecule has 1 N–H and O–H groups in total. The van der Waals surface area contributed by atoms with E-state index >= 15 is 0 Å². The van der Waals surface area contributed by atoms with Gasteiger partial charge in [0, 0.05) is 17.2 Å². The highest BCUT2D eigenvalue weighted by molar-refractivity contribution is 5.71. The Morgan fingerprint density at radius 2 is 1.81 bits per heavy atom. The molecular formula is C13H11FO2. The van der Waals surface area contributed by atoms with Gasteiger partial charge < -0.3 is 9.84 Å². The molecule has 0 heterocycles. The van der Waals surface area contributed by atoms with Crippen LogP contribution in [-0.4, -0.2) is 12.2 Å². The van der Waals surface area contributed by atoms with Crippen LogP contribution in [0.4, 0.5) is 4.39 Å². The van der Waals surface area contributed by atoms with Gasteiger partial charge in [-0.05, 0) is 18.2 Å². The van der Waals surface area contributed by atoms with Crippen LogP contribution in [0.2, 0.25) is 0 Å². The summed E-state index contributed by atoms with van der Waals surface area (Å²) >= 11 is 0. The van der Waals surface area contributed by atoms with Gasteiger partial charge in [0.25, 0.3) is 0 Å². The van der Waals surface area contributed by atoms with Crippen molar-refractivity contribution in [1.82, 2.24) is 0 Å². The van der Waals surface area contributed by atoms with Gasteiger partial charge in [0.05, 0.1) is 7.11 Å². The first kappa shape index (κ1) is 10.5. The standard InChI is InChI=1S/C13H11FO2/c1-16-13-5-3-2-4-11(13)10-7-6-9(15)8-12(10)14/h2-8,15H,1H3. The number of phenolic OH excluding ortho intramolecular Hbond substituents is 1. The predicted octanol–water partition coefficient (Wildman–Crippen LogP) is 3.21. The number of hydrogen-bond acceptors (Lipinski definition) is 2. The number of ether oxygens (including phenoxy) is 1. The lowest BCUT2D eigenvalue weighted by Crippen LogP contribution is -1.89. The fourth-order valence-corrected chi connectivity index (χ4v) is 1.59. The molecule has 0 spiro atoms. The van der Waals surface area contributed by atoms with E-state index < -0.39 is 5.82 Å². The maximum Gasteiger partial charge on any atom is 0.134 e. The number of aromatic hydroxyl groups is 1. The van der Waals surface area contributed by atoms with Crippen molar-refractivity contribution >= 4 is 0 Å². The van der Waals surface area contributed by atoms with Gasteiger partial charge in [0.1, 0.15) is 17.3 Å². The van der Waals surface area contributed by atoms with Gasteiger partial charge in [-0.1, -0.05) is 18.2 Å². The van der Waals surface area contributed by atoms with Crippen LogP contribution in [0, 0.1) is 5.82 Å². The first-order valence-electron chi connectivity index (χ1n) is 4.84. The molecule has 0 unspecified atom stereocenters. The van der Waals surface area contributed by atoms with Crippen molar-refractivity contribution in [1.29, 1.82) is 0 Å². The Hall–Kier alpha value is -2.03. The van der Waals surface area contributed by atoms with Crippen molar-refractivity contribution in [3.63, 3.8) is 0 Å². The molecule has 0 radical (unpaired) electrons. The molecule has 82 valence electrons. The summed E-state index contributed by atoms with van der Waals surface area (Å²) in [6.07, 6.45) is 0. The molecule has 0 aliphatic carbocycles. The van der Waals surface area contributed by atoms with Crippen LogP contribution in [0.15, 0.2) is 42.5 Å². The number of para-hydroxylation sites is 1. The van der Waals surface area contributed by atoms with Gasteiger partial charge in [-0.3, -0.25) is 0 Å². The number of halogens is 1. The normalized spacial score (nSPS) is 10.1. The molecule has 2 nitrogen and oxygen atoms in total. The second-order valence-corrected chi connectivity index (χ2v) is 3.36. The van der Waals surface area contributed by atoms with Crippen molar-refractivity contribution in [3.05, 3.63) is 48.3 Å². The Balaban J connectivity index is 2.58. The van der Waals surface area contributed by atoms with E-state index in [-0.39, 0.29) is 5.75 Å². The SMILES string of the molecule is COc1ccccc1-c1ccc(O)cc1F. The molecule has 0 amide bonds. The van der Waals surface area contributed by atoms with Gasteiger partial charge in [0.15, 0.2) is 0 Å². The summed E-state index contributed by atoms with van der Waals surface area (Å²) in [6, 6.07) is 11.2. The highest BCUT2D eigenvalue weighted by atomic mass is 19.1. The first-order chi connectivity index (χ1) is 7.72. The topological polar surface area (TPSA) is 29.5 Å². The van der Waals surface area contributed by atoms with Crippen molar-refractivity contribution in [2.75, 3.05) is 7.11 Å². The summed E-state index contributed by atoms with van der Waals surface area (Å²) in [4.78, 5) is 0. The monoisotopic (exact) mass is 218 g/mol. The third-order valence-electron chi connectivity index (χ3n) is 2.35. The molecule has 0 fully saturated rings. The van der Waals surface area contributed by atoms with E-state index in [1.165, 1.54) is 19.2 Å². The lowest BCUT2D eigenvalue weighted by atomic mass is 10.0. The number of methoxy groups -OCH3 is 1. The lowest BCUT2D eigenvalue weighted by Gasteiger charge is -2.09. The van der Waals surface area contributed by atoms with Crippen molar-refractivity contribution in [3.8, 4) is 22.6 Å². The molecule has 0 bridgehead atoms. The number of benzene rings is 2. The molecule has 0 aliphatic rings. The van der Waals surface area contributed by atoms with Gasteiger partial charge in [-0.15, -0.1) is 0 Å². The van der Waals surface area contributed by atoms with E-state index in [0.717, 1.165) is 6.07 Å². The Morgan fingerprint density at radius 3 is 2.50 bits per heavy atom. The van der Waals surface area contributed by atoms with E-state index in [9.17, 15) is 4.39 Å². The average Bonchev–Trinajstić information content (AvgIpc) is 2.29. The van der Waals surface area contributed by atoms with Crippen LogP contribution in [0.25, 0.3) is 11.1 Å². The zero-order valence-corrected chi connectivity index (χ0v) is 8.77. The molecule has 16 heavy (non-hydrogen) atoms. The zero-order chi connectivity index (χ0) is 11.5. The summed E-state index contributed by atoms with van der Waals surface area (Å²) in [6.45, 7) is 0. The Labute approximate surface area is 92.9 Å². The van der Waals surface area contributed by atoms with Crippen molar-refractivity contribution < 1.29 is 14.2 Å². The van der Waals surface area contributed by atoms with Crippen molar-refractivity contribution in [2.45, 2.75) is 0 Å². The molecule has 2 aromatic carbocycles. The predicted molar refractivity (Wildman–Crippen MR) is 60.1 cm³/mol. The minimum atomic E-state index is -0.468. The average molecular weight is 218 g/mol. The minimum absolute atomic E-state index is 0.0869. The van der Waals surface area contributed by atoms with Crippen molar-refractivity contribution in [2.24, 2.45) is 0 Å². The Bertz CT molecular complexity index is 509.